The maximum Gasteiger partial charge on any atom is 0.221 e. The highest BCUT2D eigenvalue weighted by molar-refractivity contribution is 8.02. The molecule has 0 aromatic rings. The maximum atomic E-state index is 11.3. The lowest BCUT2D eigenvalue weighted by molar-refractivity contribution is -0.121. The highest BCUT2D eigenvalue weighted by Gasteiger charge is 2.40. The molecule has 1 saturated heterocycles. The normalized spacial score (nSPS) is 24.2. The van der Waals surface area contributed by atoms with Crippen LogP contribution in [0.15, 0.2) is 0 Å². The zero-order chi connectivity index (χ0) is 9.90. The zero-order valence-electron chi connectivity index (χ0n) is 8.09. The molecule has 3 heteroatoms. The fraction of sp³-hybridized carbons (Fsp3) is 0.700. The third-order valence-electron chi connectivity index (χ3n) is 2.29. The molecular formula is C10H15NOS. The summed E-state index contributed by atoms with van der Waals surface area (Å²) in [5, 5.41) is 2.99. The highest BCUT2D eigenvalue weighted by Crippen LogP contribution is 2.39. The number of carbonyl (C=O) groups is 1. The van der Waals surface area contributed by atoms with Gasteiger partial charge in [-0.3, -0.25) is 4.79 Å². The van der Waals surface area contributed by atoms with Crippen molar-refractivity contribution in [2.24, 2.45) is 0 Å². The molecule has 1 fully saturated rings. The second-order valence-corrected chi connectivity index (χ2v) is 5.41. The van der Waals surface area contributed by atoms with Crippen molar-refractivity contribution in [1.29, 1.82) is 0 Å². The van der Waals surface area contributed by atoms with Gasteiger partial charge < -0.3 is 5.32 Å². The first kappa shape index (κ1) is 10.5. The van der Waals surface area contributed by atoms with E-state index < -0.39 is 0 Å². The minimum absolute atomic E-state index is 0.0799. The number of terminal acetylenes is 1. The van der Waals surface area contributed by atoms with E-state index in [1.807, 2.05) is 11.8 Å². The largest absolute Gasteiger partial charge is 0.351 e. The second-order valence-electron chi connectivity index (χ2n) is 3.74. The monoisotopic (exact) mass is 197 g/mol. The third-order valence-corrected chi connectivity index (χ3v) is 3.82. The van der Waals surface area contributed by atoms with E-state index in [1.165, 1.54) is 0 Å². The van der Waals surface area contributed by atoms with Gasteiger partial charge in [0.1, 0.15) is 0 Å². The van der Waals surface area contributed by atoms with Gasteiger partial charge in [-0.1, -0.05) is 0 Å². The van der Waals surface area contributed by atoms with Crippen LogP contribution in [0.5, 0.6) is 0 Å². The molecule has 1 N–H and O–H groups in total. The number of rotatable bonds is 3. The van der Waals surface area contributed by atoms with E-state index in [0.29, 0.717) is 18.9 Å². The van der Waals surface area contributed by atoms with Crippen molar-refractivity contribution < 1.29 is 4.79 Å². The Labute approximate surface area is 83.9 Å². The topological polar surface area (TPSA) is 29.1 Å². The number of nitrogens with one attached hydrogen (secondary N) is 1. The Morgan fingerprint density at radius 1 is 1.77 bits per heavy atom. The summed E-state index contributed by atoms with van der Waals surface area (Å²) in [4.78, 5) is 11.3. The van der Waals surface area contributed by atoms with Gasteiger partial charge in [-0.15, -0.1) is 12.3 Å². The van der Waals surface area contributed by atoms with E-state index in [9.17, 15) is 4.79 Å². The number of thioether (sulfide) groups is 1. The van der Waals surface area contributed by atoms with Crippen molar-refractivity contribution in [2.45, 2.75) is 37.5 Å². The predicted molar refractivity (Wildman–Crippen MR) is 56.5 cm³/mol. The molecule has 72 valence electrons. The van der Waals surface area contributed by atoms with Crippen LogP contribution >= 0.6 is 11.8 Å². The predicted octanol–water partition coefficient (Wildman–Crippen LogP) is 1.41. The smallest absolute Gasteiger partial charge is 0.221 e. The number of hydrogen-bond acceptors (Lipinski definition) is 2. The van der Waals surface area contributed by atoms with Gasteiger partial charge in [0.25, 0.3) is 0 Å². The van der Waals surface area contributed by atoms with Crippen LogP contribution < -0.4 is 5.32 Å². The SMILES string of the molecule is C#CCCC(=O)NC1CSC1(C)C. The molecule has 0 bridgehead atoms. The van der Waals surface area contributed by atoms with Crippen molar-refractivity contribution in [3.8, 4) is 12.3 Å². The molecule has 0 radical (unpaired) electrons. The lowest BCUT2D eigenvalue weighted by Gasteiger charge is -2.43. The van der Waals surface area contributed by atoms with Crippen LogP contribution in [0.3, 0.4) is 0 Å². The number of hydrogen-bond donors (Lipinski definition) is 1. The van der Waals surface area contributed by atoms with Gasteiger partial charge in [-0.2, -0.15) is 11.8 Å². The Morgan fingerprint density at radius 3 is 2.85 bits per heavy atom. The molecule has 0 saturated carbocycles. The molecule has 1 aliphatic rings. The molecule has 1 rings (SSSR count). The van der Waals surface area contributed by atoms with Gasteiger partial charge in [-0.05, 0) is 13.8 Å². The van der Waals surface area contributed by atoms with Crippen LogP contribution in [0.25, 0.3) is 0 Å². The average Bonchev–Trinajstić information content (AvgIpc) is 2.09. The molecule has 1 aliphatic heterocycles. The maximum absolute atomic E-state index is 11.3. The summed E-state index contributed by atoms with van der Waals surface area (Å²) in [6.07, 6.45) is 6.06. The minimum atomic E-state index is 0.0799. The van der Waals surface area contributed by atoms with E-state index in [2.05, 4.69) is 25.1 Å². The van der Waals surface area contributed by atoms with E-state index >= 15 is 0 Å². The number of amides is 1. The van der Waals surface area contributed by atoms with Crippen molar-refractivity contribution in [1.82, 2.24) is 5.32 Å². The van der Waals surface area contributed by atoms with Gasteiger partial charge in [0.2, 0.25) is 5.91 Å². The van der Waals surface area contributed by atoms with Gasteiger partial charge in [0.15, 0.2) is 0 Å². The molecule has 1 unspecified atom stereocenters. The summed E-state index contributed by atoms with van der Waals surface area (Å²) >= 11 is 1.88. The van der Waals surface area contributed by atoms with Crippen molar-refractivity contribution in [2.75, 3.05) is 5.75 Å². The molecule has 2 nitrogen and oxygen atoms in total. The lowest BCUT2D eigenvalue weighted by Crippen LogP contribution is -2.56. The average molecular weight is 197 g/mol. The quantitative estimate of drug-likeness (QED) is 0.693. The van der Waals surface area contributed by atoms with E-state index in [1.54, 1.807) is 0 Å². The van der Waals surface area contributed by atoms with Crippen LogP contribution in [-0.4, -0.2) is 22.4 Å². The molecule has 1 atom stereocenters. The Hall–Kier alpha value is -0.620. The van der Waals surface area contributed by atoms with E-state index in [4.69, 9.17) is 6.42 Å². The highest BCUT2D eigenvalue weighted by atomic mass is 32.2. The third kappa shape index (κ3) is 2.67. The summed E-state index contributed by atoms with van der Waals surface area (Å²) in [6.45, 7) is 4.29. The molecule has 0 aromatic carbocycles. The molecule has 0 aliphatic carbocycles. The van der Waals surface area contributed by atoms with Crippen molar-refractivity contribution >= 4 is 17.7 Å². The molecule has 1 amide bonds. The first-order valence-corrected chi connectivity index (χ1v) is 5.41. The minimum Gasteiger partial charge on any atom is -0.351 e. The summed E-state index contributed by atoms with van der Waals surface area (Å²) < 4.78 is 0.200. The molecular weight excluding hydrogens is 182 g/mol. The van der Waals surface area contributed by atoms with Gasteiger partial charge in [-0.25, -0.2) is 0 Å². The molecule has 13 heavy (non-hydrogen) atoms. The molecule has 1 heterocycles. The van der Waals surface area contributed by atoms with Crippen LogP contribution in [0.1, 0.15) is 26.7 Å². The Balaban J connectivity index is 2.26. The fourth-order valence-corrected chi connectivity index (χ4v) is 2.31. The summed E-state index contributed by atoms with van der Waals surface area (Å²) in [5.41, 5.74) is 0. The van der Waals surface area contributed by atoms with Crippen LogP contribution in [-0.2, 0) is 4.79 Å². The zero-order valence-corrected chi connectivity index (χ0v) is 8.91. The van der Waals surface area contributed by atoms with Crippen molar-refractivity contribution in [3.63, 3.8) is 0 Å². The first-order chi connectivity index (χ1) is 6.06. The van der Waals surface area contributed by atoms with Crippen LogP contribution in [0.2, 0.25) is 0 Å². The van der Waals surface area contributed by atoms with Gasteiger partial charge in [0.05, 0.1) is 6.04 Å². The Kier molecular flexibility index (Phi) is 3.27. The van der Waals surface area contributed by atoms with E-state index in [-0.39, 0.29) is 10.7 Å². The lowest BCUT2D eigenvalue weighted by atomic mass is 10.0. The van der Waals surface area contributed by atoms with E-state index in [0.717, 1.165) is 5.75 Å². The Bertz CT molecular complexity index is 242. The standard InChI is InChI=1S/C10H15NOS/c1-4-5-6-9(12)11-8-7-13-10(8,2)3/h1,8H,5-7H2,2-3H3,(H,11,12). The summed E-state index contributed by atoms with van der Waals surface area (Å²) in [6, 6.07) is 0.322. The van der Waals surface area contributed by atoms with Crippen LogP contribution in [0, 0.1) is 12.3 Å². The number of carbonyl (C=O) groups excluding carboxylic acids is 1. The van der Waals surface area contributed by atoms with Crippen LogP contribution in [0.4, 0.5) is 0 Å². The molecule has 0 spiro atoms. The summed E-state index contributed by atoms with van der Waals surface area (Å²) in [5.74, 6) is 3.57. The van der Waals surface area contributed by atoms with Crippen molar-refractivity contribution in [3.05, 3.63) is 0 Å². The van der Waals surface area contributed by atoms with Gasteiger partial charge in [0, 0.05) is 23.3 Å². The first-order valence-electron chi connectivity index (χ1n) is 4.43. The van der Waals surface area contributed by atoms with Gasteiger partial charge >= 0.3 is 0 Å². The second kappa shape index (κ2) is 4.06. The molecule has 0 aromatic heterocycles. The Morgan fingerprint density at radius 2 is 2.46 bits per heavy atom. The fourth-order valence-electron chi connectivity index (χ4n) is 1.17. The summed E-state index contributed by atoms with van der Waals surface area (Å²) in [7, 11) is 0.